The van der Waals surface area contributed by atoms with E-state index in [9.17, 15) is 9.59 Å². The second-order valence-corrected chi connectivity index (χ2v) is 8.28. The lowest BCUT2D eigenvalue weighted by atomic mass is 10.1. The van der Waals surface area contributed by atoms with Crippen LogP contribution >= 0.6 is 11.8 Å². The van der Waals surface area contributed by atoms with Crippen LogP contribution in [0, 0.1) is 0 Å². The van der Waals surface area contributed by atoms with Crippen LogP contribution in [0.25, 0.3) is 16.6 Å². The Kier molecular flexibility index (Phi) is 7.09. The fourth-order valence-corrected chi connectivity index (χ4v) is 4.09. The summed E-state index contributed by atoms with van der Waals surface area (Å²) >= 11 is 1.30. The second kappa shape index (κ2) is 9.74. The molecule has 0 radical (unpaired) electrons. The fourth-order valence-electron chi connectivity index (χ4n) is 3.14. The third-order valence-electron chi connectivity index (χ3n) is 4.76. The first-order valence-corrected chi connectivity index (χ1v) is 11.0. The Morgan fingerprint density at radius 1 is 1.14 bits per heavy atom. The van der Waals surface area contributed by atoms with Crippen molar-refractivity contribution in [3.05, 3.63) is 64.4 Å². The maximum absolute atomic E-state index is 13.3. The van der Waals surface area contributed by atoms with Gasteiger partial charge < -0.3 is 5.32 Å². The first kappa shape index (κ1) is 21.1. The van der Waals surface area contributed by atoms with E-state index in [-0.39, 0.29) is 16.7 Å². The number of amides is 1. The van der Waals surface area contributed by atoms with Crippen molar-refractivity contribution in [2.24, 2.45) is 0 Å². The molecule has 0 aliphatic carbocycles. The summed E-state index contributed by atoms with van der Waals surface area (Å²) in [6.07, 6.45) is 3.31. The third kappa shape index (κ3) is 4.88. The highest BCUT2D eigenvalue weighted by molar-refractivity contribution is 8.00. The zero-order chi connectivity index (χ0) is 20.8. The molecule has 0 saturated carbocycles. The number of carbonyl (C=O) groups is 1. The molecule has 0 aliphatic heterocycles. The van der Waals surface area contributed by atoms with Gasteiger partial charge in [0.25, 0.3) is 5.56 Å². The van der Waals surface area contributed by atoms with Crippen molar-refractivity contribution in [2.45, 2.75) is 50.4 Å². The Morgan fingerprint density at radius 2 is 1.86 bits per heavy atom. The average molecular weight is 410 g/mol. The number of para-hydroxylation sites is 1. The van der Waals surface area contributed by atoms with Gasteiger partial charge in [0.05, 0.1) is 21.8 Å². The molecule has 3 aromatic rings. The van der Waals surface area contributed by atoms with E-state index in [4.69, 9.17) is 4.98 Å². The van der Waals surface area contributed by atoms with E-state index in [2.05, 4.69) is 24.4 Å². The van der Waals surface area contributed by atoms with Crippen LogP contribution in [0.4, 0.5) is 0 Å². The van der Waals surface area contributed by atoms with Gasteiger partial charge in [-0.15, -0.1) is 0 Å². The van der Waals surface area contributed by atoms with Crippen molar-refractivity contribution >= 4 is 28.6 Å². The number of benzene rings is 2. The minimum Gasteiger partial charge on any atom is -0.355 e. The third-order valence-corrected chi connectivity index (χ3v) is 5.81. The monoisotopic (exact) mass is 409 g/mol. The summed E-state index contributed by atoms with van der Waals surface area (Å²) < 4.78 is 1.62. The Morgan fingerprint density at radius 3 is 2.55 bits per heavy atom. The van der Waals surface area contributed by atoms with Crippen LogP contribution in [0.5, 0.6) is 0 Å². The molecule has 1 atom stereocenters. The van der Waals surface area contributed by atoms with E-state index in [1.165, 1.54) is 17.3 Å². The van der Waals surface area contributed by atoms with Crippen LogP contribution < -0.4 is 10.9 Å². The van der Waals surface area contributed by atoms with Gasteiger partial charge in [0.1, 0.15) is 0 Å². The highest BCUT2D eigenvalue weighted by Gasteiger charge is 2.19. The largest absolute Gasteiger partial charge is 0.355 e. The normalized spacial score (nSPS) is 12.1. The number of aromatic nitrogens is 2. The van der Waals surface area contributed by atoms with E-state index >= 15 is 0 Å². The van der Waals surface area contributed by atoms with Crippen molar-refractivity contribution < 1.29 is 4.79 Å². The van der Waals surface area contributed by atoms with Gasteiger partial charge in [-0.2, -0.15) is 0 Å². The lowest BCUT2D eigenvalue weighted by molar-refractivity contribution is -0.120. The predicted molar refractivity (Wildman–Crippen MR) is 120 cm³/mol. The second-order valence-electron chi connectivity index (χ2n) is 6.98. The number of rotatable bonds is 8. The van der Waals surface area contributed by atoms with Crippen molar-refractivity contribution in [2.75, 3.05) is 6.54 Å². The molecular formula is C23H27N3O2S. The minimum atomic E-state index is -0.363. The maximum atomic E-state index is 13.3. The molecule has 0 saturated heterocycles. The summed E-state index contributed by atoms with van der Waals surface area (Å²) in [5, 5.41) is 3.55. The number of hydrogen-bond donors (Lipinski definition) is 1. The molecule has 0 unspecified atom stereocenters. The summed E-state index contributed by atoms with van der Waals surface area (Å²) in [4.78, 5) is 30.2. The van der Waals surface area contributed by atoms with E-state index < -0.39 is 0 Å². The van der Waals surface area contributed by atoms with Crippen LogP contribution in [-0.4, -0.2) is 27.3 Å². The molecule has 29 heavy (non-hydrogen) atoms. The van der Waals surface area contributed by atoms with Crippen LogP contribution in [0.1, 0.15) is 39.2 Å². The first-order chi connectivity index (χ1) is 14.0. The first-order valence-electron chi connectivity index (χ1n) is 10.1. The standard InChI is InChI=1S/C23H27N3O2S/c1-4-6-9-17-12-14-18(15-13-17)26-22(28)19-10-7-8-11-20(19)25-23(26)29-16(3)21(27)24-5-2/h7-8,10-16H,4-6,9H2,1-3H3,(H,24,27)/t16-/m1/s1. The van der Waals surface area contributed by atoms with Gasteiger partial charge in [-0.1, -0.05) is 49.4 Å². The number of carbonyl (C=O) groups excluding carboxylic acids is 1. The fraction of sp³-hybridized carbons (Fsp3) is 0.348. The van der Waals surface area contributed by atoms with Gasteiger partial charge in [-0.25, -0.2) is 4.98 Å². The van der Waals surface area contributed by atoms with Crippen molar-refractivity contribution in [3.8, 4) is 5.69 Å². The van der Waals surface area contributed by atoms with Crippen molar-refractivity contribution in [1.82, 2.24) is 14.9 Å². The molecule has 1 aromatic heterocycles. The molecule has 152 valence electrons. The molecule has 1 heterocycles. The summed E-state index contributed by atoms with van der Waals surface area (Å²) in [5.41, 5.74) is 2.53. The zero-order valence-corrected chi connectivity index (χ0v) is 18.0. The molecule has 0 fully saturated rings. The number of aryl methyl sites for hydroxylation is 1. The van der Waals surface area contributed by atoms with Gasteiger partial charge in [0.15, 0.2) is 5.16 Å². The van der Waals surface area contributed by atoms with E-state index in [1.807, 2.05) is 44.2 Å². The average Bonchev–Trinajstić information content (AvgIpc) is 2.73. The maximum Gasteiger partial charge on any atom is 0.266 e. The number of nitrogens with zero attached hydrogens (tertiary/aromatic N) is 2. The number of fused-ring (bicyclic) bond motifs is 1. The predicted octanol–water partition coefficient (Wildman–Crippen LogP) is 4.35. The quantitative estimate of drug-likeness (QED) is 0.444. The van der Waals surface area contributed by atoms with Gasteiger partial charge in [0.2, 0.25) is 5.91 Å². The zero-order valence-electron chi connectivity index (χ0n) is 17.1. The Labute approximate surface area is 175 Å². The molecule has 1 N–H and O–H groups in total. The molecule has 1 amide bonds. The topological polar surface area (TPSA) is 64.0 Å². The lowest BCUT2D eigenvalue weighted by Crippen LogP contribution is -2.31. The molecule has 5 nitrogen and oxygen atoms in total. The molecule has 6 heteroatoms. The van der Waals surface area contributed by atoms with E-state index in [1.54, 1.807) is 10.6 Å². The van der Waals surface area contributed by atoms with Gasteiger partial charge in [-0.3, -0.25) is 14.2 Å². The van der Waals surface area contributed by atoms with Crippen LogP contribution in [0.15, 0.2) is 58.5 Å². The van der Waals surface area contributed by atoms with Gasteiger partial charge in [0, 0.05) is 6.54 Å². The van der Waals surface area contributed by atoms with Crippen molar-refractivity contribution in [3.63, 3.8) is 0 Å². The van der Waals surface area contributed by atoms with Crippen LogP contribution in [-0.2, 0) is 11.2 Å². The van der Waals surface area contributed by atoms with Crippen LogP contribution in [0.2, 0.25) is 0 Å². The molecular weight excluding hydrogens is 382 g/mol. The number of thioether (sulfide) groups is 1. The SMILES string of the molecule is CCCCc1ccc(-n2c(S[C@H](C)C(=O)NCC)nc3ccccc3c2=O)cc1. The molecule has 0 bridgehead atoms. The van der Waals surface area contributed by atoms with Crippen molar-refractivity contribution in [1.29, 1.82) is 0 Å². The summed E-state index contributed by atoms with van der Waals surface area (Å²) in [5.74, 6) is -0.0682. The Balaban J connectivity index is 2.07. The highest BCUT2D eigenvalue weighted by Crippen LogP contribution is 2.25. The van der Waals surface area contributed by atoms with E-state index in [0.29, 0.717) is 22.6 Å². The van der Waals surface area contributed by atoms with Crippen LogP contribution in [0.3, 0.4) is 0 Å². The van der Waals surface area contributed by atoms with E-state index in [0.717, 1.165) is 24.9 Å². The number of nitrogens with one attached hydrogen (secondary N) is 1. The molecule has 0 spiro atoms. The van der Waals surface area contributed by atoms with Gasteiger partial charge in [-0.05, 0) is 56.5 Å². The summed E-state index contributed by atoms with van der Waals surface area (Å²) in [7, 11) is 0. The van der Waals surface area contributed by atoms with Gasteiger partial charge >= 0.3 is 0 Å². The molecule has 0 aliphatic rings. The molecule has 3 rings (SSSR count). The minimum absolute atomic E-state index is 0.0682. The lowest BCUT2D eigenvalue weighted by Gasteiger charge is -2.16. The smallest absolute Gasteiger partial charge is 0.266 e. The summed E-state index contributed by atoms with van der Waals surface area (Å²) in [6.45, 7) is 6.46. The highest BCUT2D eigenvalue weighted by atomic mass is 32.2. The molecule has 2 aromatic carbocycles. The Bertz CT molecular complexity index is 1040. The summed E-state index contributed by atoms with van der Waals surface area (Å²) in [6, 6.07) is 15.4. The Hall–Kier alpha value is -2.60. The number of hydrogen-bond acceptors (Lipinski definition) is 4. The number of unbranched alkanes of at least 4 members (excludes halogenated alkanes) is 1.